The lowest BCUT2D eigenvalue weighted by Crippen LogP contribution is -2.46. The first kappa shape index (κ1) is 18.6. The average Bonchev–Trinajstić information content (AvgIpc) is 2.61. The van der Waals surface area contributed by atoms with Crippen molar-refractivity contribution in [3.8, 4) is 5.75 Å². The molecular weight excluding hydrogens is 304 g/mol. The van der Waals surface area contributed by atoms with E-state index in [1.807, 2.05) is 30.0 Å². The predicted molar refractivity (Wildman–Crippen MR) is 96.6 cm³/mol. The van der Waals surface area contributed by atoms with Gasteiger partial charge in [0.2, 0.25) is 0 Å². The molecule has 0 spiro atoms. The number of piperidine rings is 1. The van der Waals surface area contributed by atoms with Gasteiger partial charge in [-0.3, -0.25) is 0 Å². The fraction of sp³-hybridized carbons (Fsp3) is 0.632. The average molecular weight is 334 g/mol. The van der Waals surface area contributed by atoms with Gasteiger partial charge in [-0.15, -0.1) is 0 Å². The lowest BCUT2D eigenvalue weighted by atomic mass is 9.77. The second-order valence-electron chi connectivity index (χ2n) is 6.78. The quantitative estimate of drug-likeness (QED) is 0.832. The van der Waals surface area contributed by atoms with Crippen LogP contribution in [0.5, 0.6) is 5.75 Å². The highest BCUT2D eigenvalue weighted by Crippen LogP contribution is 2.34. The Bertz CT molecular complexity index is 546. The molecule has 0 bridgehead atoms. The van der Waals surface area contributed by atoms with Gasteiger partial charge in [-0.2, -0.15) is 0 Å². The van der Waals surface area contributed by atoms with Crippen molar-refractivity contribution in [3.63, 3.8) is 0 Å². The molecule has 2 N–H and O–H groups in total. The van der Waals surface area contributed by atoms with Crippen LogP contribution < -0.4 is 10.1 Å². The normalized spacial score (nSPS) is 16.8. The maximum Gasteiger partial charge on any atom is 0.321 e. The van der Waals surface area contributed by atoms with Crippen molar-refractivity contribution in [2.24, 2.45) is 5.41 Å². The Morgan fingerprint density at radius 1 is 1.33 bits per heavy atom. The summed E-state index contributed by atoms with van der Waals surface area (Å²) >= 11 is 0. The van der Waals surface area contributed by atoms with Gasteiger partial charge in [0.15, 0.2) is 0 Å². The second-order valence-corrected chi connectivity index (χ2v) is 6.78. The molecule has 1 aliphatic rings. The predicted octanol–water partition coefficient (Wildman–Crippen LogP) is 3.80. The highest BCUT2D eigenvalue weighted by molar-refractivity contribution is 5.91. The molecule has 1 heterocycles. The molecule has 0 aromatic heterocycles. The number of anilines is 1. The molecule has 5 nitrogen and oxygen atoms in total. The van der Waals surface area contributed by atoms with Gasteiger partial charge in [-0.25, -0.2) is 4.79 Å². The molecule has 2 rings (SSSR count). The Labute approximate surface area is 145 Å². The van der Waals surface area contributed by atoms with Crippen LogP contribution in [0.25, 0.3) is 0 Å². The zero-order valence-corrected chi connectivity index (χ0v) is 15.1. The third kappa shape index (κ3) is 4.41. The van der Waals surface area contributed by atoms with E-state index in [9.17, 15) is 9.90 Å². The molecular formula is C19H30N2O3. The molecule has 134 valence electrons. The lowest BCUT2D eigenvalue weighted by Gasteiger charge is -2.40. The Morgan fingerprint density at radius 3 is 2.62 bits per heavy atom. The van der Waals surface area contributed by atoms with Crippen molar-refractivity contribution in [1.29, 1.82) is 0 Å². The van der Waals surface area contributed by atoms with Crippen LogP contribution in [0.1, 0.15) is 45.1 Å². The topological polar surface area (TPSA) is 61.8 Å². The Kier molecular flexibility index (Phi) is 6.49. The molecule has 1 aliphatic heterocycles. The van der Waals surface area contributed by atoms with Crippen molar-refractivity contribution in [3.05, 3.63) is 23.8 Å². The Hall–Kier alpha value is -1.75. The molecule has 0 aliphatic carbocycles. The van der Waals surface area contributed by atoms with Gasteiger partial charge < -0.3 is 20.1 Å². The number of urea groups is 1. The van der Waals surface area contributed by atoms with Crippen LogP contribution in [0.2, 0.25) is 0 Å². The number of likely N-dealkylation sites (tertiary alicyclic amines) is 1. The zero-order valence-electron chi connectivity index (χ0n) is 15.1. The summed E-state index contributed by atoms with van der Waals surface area (Å²) < 4.78 is 5.76. The molecule has 0 saturated carbocycles. The smallest absolute Gasteiger partial charge is 0.321 e. The van der Waals surface area contributed by atoms with E-state index in [0.717, 1.165) is 37.0 Å². The summed E-state index contributed by atoms with van der Waals surface area (Å²) in [5.41, 5.74) is 1.80. The van der Waals surface area contributed by atoms with Gasteiger partial charge in [0, 0.05) is 19.7 Å². The number of nitrogens with one attached hydrogen (secondary N) is 1. The van der Waals surface area contributed by atoms with Gasteiger partial charge in [-0.1, -0.05) is 19.9 Å². The Morgan fingerprint density at radius 2 is 2.04 bits per heavy atom. The Balaban J connectivity index is 2.00. The largest absolute Gasteiger partial charge is 0.491 e. The first-order valence-corrected chi connectivity index (χ1v) is 8.94. The summed E-state index contributed by atoms with van der Waals surface area (Å²) in [5.74, 6) is 0.723. The number of aliphatic hydroxyl groups excluding tert-OH is 1. The highest BCUT2D eigenvalue weighted by atomic mass is 16.5. The van der Waals surface area contributed by atoms with Gasteiger partial charge in [0.05, 0.1) is 12.3 Å². The molecule has 24 heavy (non-hydrogen) atoms. The number of benzene rings is 1. The van der Waals surface area contributed by atoms with E-state index in [1.165, 1.54) is 0 Å². The molecule has 0 atom stereocenters. The van der Waals surface area contributed by atoms with Crippen molar-refractivity contribution in [1.82, 2.24) is 4.90 Å². The summed E-state index contributed by atoms with van der Waals surface area (Å²) in [4.78, 5) is 14.4. The number of carbonyl (C=O) groups is 1. The first-order valence-electron chi connectivity index (χ1n) is 8.94. The van der Waals surface area contributed by atoms with E-state index in [1.54, 1.807) is 0 Å². The SMILES string of the molecule is CCCOc1cc(C)ccc1NC(=O)N1CCC(CC)(CO)CC1. The van der Waals surface area contributed by atoms with Crippen molar-refractivity contribution >= 4 is 11.7 Å². The van der Waals surface area contributed by atoms with E-state index in [2.05, 4.69) is 19.2 Å². The van der Waals surface area contributed by atoms with Gasteiger partial charge in [0.1, 0.15) is 5.75 Å². The van der Waals surface area contributed by atoms with Crippen LogP contribution in [-0.4, -0.2) is 42.3 Å². The van der Waals surface area contributed by atoms with Crippen molar-refractivity contribution < 1.29 is 14.6 Å². The van der Waals surface area contributed by atoms with Gasteiger partial charge in [-0.05, 0) is 55.7 Å². The van der Waals surface area contributed by atoms with E-state index < -0.39 is 0 Å². The highest BCUT2D eigenvalue weighted by Gasteiger charge is 2.34. The van der Waals surface area contributed by atoms with Crippen LogP contribution in [0, 0.1) is 12.3 Å². The van der Waals surface area contributed by atoms with E-state index in [4.69, 9.17) is 4.74 Å². The number of aryl methyl sites for hydroxylation is 1. The molecule has 1 saturated heterocycles. The number of carbonyl (C=O) groups excluding carboxylic acids is 1. The van der Waals surface area contributed by atoms with Crippen LogP contribution in [0.4, 0.5) is 10.5 Å². The summed E-state index contributed by atoms with van der Waals surface area (Å²) in [7, 11) is 0. The van der Waals surface area contributed by atoms with Gasteiger partial charge in [0.25, 0.3) is 0 Å². The van der Waals surface area contributed by atoms with Gasteiger partial charge >= 0.3 is 6.03 Å². The number of ether oxygens (including phenoxy) is 1. The molecule has 0 radical (unpaired) electrons. The van der Waals surface area contributed by atoms with Crippen molar-refractivity contribution in [2.45, 2.75) is 46.5 Å². The van der Waals surface area contributed by atoms with Crippen molar-refractivity contribution in [2.75, 3.05) is 31.6 Å². The maximum atomic E-state index is 12.6. The number of nitrogens with zero attached hydrogens (tertiary/aromatic N) is 1. The minimum Gasteiger partial charge on any atom is -0.491 e. The second kappa shape index (κ2) is 8.38. The molecule has 2 amide bonds. The minimum atomic E-state index is -0.0946. The molecule has 1 aromatic rings. The summed E-state index contributed by atoms with van der Waals surface area (Å²) in [6.45, 7) is 8.36. The number of hydrogen-bond acceptors (Lipinski definition) is 3. The molecule has 1 aromatic carbocycles. The van der Waals surface area contributed by atoms with Crippen LogP contribution in [0.3, 0.4) is 0 Å². The van der Waals surface area contributed by atoms with E-state index >= 15 is 0 Å². The number of amides is 2. The first-order chi connectivity index (χ1) is 11.5. The third-order valence-electron chi connectivity index (χ3n) is 5.04. The molecule has 1 fully saturated rings. The monoisotopic (exact) mass is 334 g/mol. The third-order valence-corrected chi connectivity index (χ3v) is 5.04. The molecule has 0 unspecified atom stereocenters. The minimum absolute atomic E-state index is 0.0178. The van der Waals surface area contributed by atoms with Crippen LogP contribution in [0.15, 0.2) is 18.2 Å². The summed E-state index contributed by atoms with van der Waals surface area (Å²) in [5, 5.41) is 12.6. The number of rotatable bonds is 6. The maximum absolute atomic E-state index is 12.6. The van der Waals surface area contributed by atoms with Crippen LogP contribution in [-0.2, 0) is 0 Å². The number of aliphatic hydroxyl groups is 1. The van der Waals surface area contributed by atoms with Crippen LogP contribution >= 0.6 is 0 Å². The lowest BCUT2D eigenvalue weighted by molar-refractivity contribution is 0.0542. The number of hydrogen-bond donors (Lipinski definition) is 2. The van der Waals surface area contributed by atoms with E-state index in [-0.39, 0.29) is 18.1 Å². The standard InChI is InChI=1S/C19H30N2O3/c1-4-12-24-17-13-15(3)6-7-16(17)20-18(23)21-10-8-19(5-2,14-22)9-11-21/h6-7,13,22H,4-5,8-12,14H2,1-3H3,(H,20,23). The summed E-state index contributed by atoms with van der Waals surface area (Å²) in [6, 6.07) is 5.72. The summed E-state index contributed by atoms with van der Waals surface area (Å²) in [6.07, 6.45) is 3.57. The fourth-order valence-electron chi connectivity index (χ4n) is 3.07. The van der Waals surface area contributed by atoms with E-state index in [0.29, 0.717) is 25.4 Å². The fourth-order valence-corrected chi connectivity index (χ4v) is 3.07. The molecule has 5 heteroatoms. The zero-order chi connectivity index (χ0) is 17.6.